The van der Waals surface area contributed by atoms with Crippen LogP contribution in [-0.2, 0) is 0 Å². The zero-order chi connectivity index (χ0) is 34.2. The maximum atomic E-state index is 5.25. The first-order valence-electron chi connectivity index (χ1n) is 17.4. The van der Waals surface area contributed by atoms with Gasteiger partial charge in [-0.3, -0.25) is 0 Å². The Hall–Kier alpha value is -6.27. The van der Waals surface area contributed by atoms with Gasteiger partial charge in [0.2, 0.25) is 0 Å². The SMILES string of the molecule is c1ccc(-c2nc(-c3ccc4sc5ccc6c(-c7ccccc7)nc7ccccc7c6c5c4c3)cc(-c3cccc4sc5ccccc5c34)n2)cc1. The van der Waals surface area contributed by atoms with Gasteiger partial charge in [0, 0.05) is 78.8 Å². The Morgan fingerprint density at radius 2 is 1.00 bits per heavy atom. The summed E-state index contributed by atoms with van der Waals surface area (Å²) in [7, 11) is 0. The lowest BCUT2D eigenvalue weighted by Gasteiger charge is -2.12. The highest BCUT2D eigenvalue weighted by Gasteiger charge is 2.19. The molecular formula is C47H27N3S2. The summed E-state index contributed by atoms with van der Waals surface area (Å²) in [6.07, 6.45) is 0. The molecule has 0 amide bonds. The van der Waals surface area contributed by atoms with Gasteiger partial charge >= 0.3 is 0 Å². The fraction of sp³-hybridized carbons (Fsp3) is 0. The lowest BCUT2D eigenvalue weighted by atomic mass is 9.95. The van der Waals surface area contributed by atoms with Crippen LogP contribution >= 0.6 is 22.7 Å². The predicted octanol–water partition coefficient (Wildman–Crippen LogP) is 13.6. The number of thiophene rings is 2. The van der Waals surface area contributed by atoms with E-state index in [0.29, 0.717) is 0 Å². The highest BCUT2D eigenvalue weighted by molar-refractivity contribution is 7.26. The number of hydrogen-bond donors (Lipinski definition) is 0. The minimum absolute atomic E-state index is 0.718. The number of rotatable bonds is 4. The number of fused-ring (bicyclic) bond motifs is 10. The predicted molar refractivity (Wildman–Crippen MR) is 222 cm³/mol. The van der Waals surface area contributed by atoms with Crippen molar-refractivity contribution in [1.82, 2.24) is 15.0 Å². The average Bonchev–Trinajstić information content (AvgIpc) is 3.79. The maximum Gasteiger partial charge on any atom is 0.160 e. The van der Waals surface area contributed by atoms with Crippen LogP contribution in [-0.4, -0.2) is 15.0 Å². The van der Waals surface area contributed by atoms with Gasteiger partial charge in [0.15, 0.2) is 5.82 Å². The van der Waals surface area contributed by atoms with E-state index in [1.54, 1.807) is 0 Å². The van der Waals surface area contributed by atoms with Crippen molar-refractivity contribution in [2.24, 2.45) is 0 Å². The van der Waals surface area contributed by atoms with Crippen LogP contribution in [0.5, 0.6) is 0 Å². The van der Waals surface area contributed by atoms with E-state index < -0.39 is 0 Å². The van der Waals surface area contributed by atoms with Gasteiger partial charge in [0.05, 0.1) is 22.6 Å². The zero-order valence-corrected chi connectivity index (χ0v) is 29.4. The number of aromatic nitrogens is 3. The molecule has 0 N–H and O–H groups in total. The van der Waals surface area contributed by atoms with E-state index >= 15 is 0 Å². The summed E-state index contributed by atoms with van der Waals surface area (Å²) in [4.78, 5) is 15.7. The fourth-order valence-electron chi connectivity index (χ4n) is 7.72. The number of nitrogens with zero attached hydrogens (tertiary/aromatic N) is 3. The van der Waals surface area contributed by atoms with Gasteiger partial charge < -0.3 is 0 Å². The smallest absolute Gasteiger partial charge is 0.160 e. The number of benzene rings is 7. The highest BCUT2D eigenvalue weighted by atomic mass is 32.1. The molecule has 7 aromatic carbocycles. The van der Waals surface area contributed by atoms with E-state index in [9.17, 15) is 0 Å². The summed E-state index contributed by atoms with van der Waals surface area (Å²) in [5, 5.41) is 8.57. The Kier molecular flexibility index (Phi) is 6.59. The standard InChI is InChI=1S/C47H27N3S2/c1-3-12-28(13-4-1)46-34-23-25-42-45(44(34)31-16-7-9-19-36(31)48-46)35-26-30(22-24-40(35)52-42)37-27-38(50-47(49-37)29-14-5-2-6-15-29)32-18-11-21-41-43(32)33-17-8-10-20-39(33)51-41/h1-27H. The summed E-state index contributed by atoms with van der Waals surface area (Å²) < 4.78 is 5.05. The Morgan fingerprint density at radius 1 is 0.346 bits per heavy atom. The van der Waals surface area contributed by atoms with Crippen molar-refractivity contribution in [2.45, 2.75) is 0 Å². The van der Waals surface area contributed by atoms with Crippen LogP contribution in [0.25, 0.3) is 107 Å². The third-order valence-electron chi connectivity index (χ3n) is 10.1. The summed E-state index contributed by atoms with van der Waals surface area (Å²) in [6, 6.07) is 58.2. The highest BCUT2D eigenvalue weighted by Crippen LogP contribution is 2.45. The van der Waals surface area contributed by atoms with E-state index in [1.165, 1.54) is 51.1 Å². The molecule has 0 saturated carbocycles. The fourth-order valence-corrected chi connectivity index (χ4v) is 9.95. The van der Waals surface area contributed by atoms with Gasteiger partial charge in [-0.25, -0.2) is 15.0 Å². The van der Waals surface area contributed by atoms with Crippen LogP contribution in [0.3, 0.4) is 0 Å². The Morgan fingerprint density at radius 3 is 1.85 bits per heavy atom. The molecule has 11 rings (SSSR count). The topological polar surface area (TPSA) is 38.7 Å². The molecule has 0 radical (unpaired) electrons. The zero-order valence-electron chi connectivity index (χ0n) is 27.7. The molecule has 0 saturated heterocycles. The molecule has 0 spiro atoms. The second-order valence-corrected chi connectivity index (χ2v) is 15.3. The third-order valence-corrected chi connectivity index (χ3v) is 12.3. The van der Waals surface area contributed by atoms with E-state index in [0.717, 1.165) is 56.1 Å². The van der Waals surface area contributed by atoms with Crippen LogP contribution in [0.4, 0.5) is 0 Å². The Labute approximate surface area is 307 Å². The van der Waals surface area contributed by atoms with E-state index in [2.05, 4.69) is 158 Å². The molecule has 0 atom stereocenters. The Bertz CT molecular complexity index is 3180. The molecule has 5 heteroatoms. The number of pyridine rings is 1. The molecule has 4 aromatic heterocycles. The van der Waals surface area contributed by atoms with Crippen molar-refractivity contribution in [2.75, 3.05) is 0 Å². The van der Waals surface area contributed by atoms with Crippen molar-refractivity contribution in [3.63, 3.8) is 0 Å². The quantitative estimate of drug-likeness (QED) is 0.172. The minimum atomic E-state index is 0.718. The van der Waals surface area contributed by atoms with Gasteiger partial charge in [0.1, 0.15) is 0 Å². The van der Waals surface area contributed by atoms with Crippen molar-refractivity contribution < 1.29 is 0 Å². The van der Waals surface area contributed by atoms with Crippen LogP contribution in [0.15, 0.2) is 164 Å². The first-order chi connectivity index (χ1) is 25.8. The Balaban J connectivity index is 1.19. The molecule has 0 aliphatic heterocycles. The average molecular weight is 698 g/mol. The molecular weight excluding hydrogens is 671 g/mol. The molecule has 52 heavy (non-hydrogen) atoms. The molecule has 11 aromatic rings. The molecule has 242 valence electrons. The van der Waals surface area contributed by atoms with Crippen molar-refractivity contribution in [3.05, 3.63) is 164 Å². The first kappa shape index (κ1) is 29.5. The van der Waals surface area contributed by atoms with E-state index in [1.807, 2.05) is 28.7 Å². The number of para-hydroxylation sites is 1. The van der Waals surface area contributed by atoms with Gasteiger partial charge in [-0.15, -0.1) is 22.7 Å². The van der Waals surface area contributed by atoms with Gasteiger partial charge in [0.25, 0.3) is 0 Å². The van der Waals surface area contributed by atoms with E-state index in [4.69, 9.17) is 15.0 Å². The van der Waals surface area contributed by atoms with Gasteiger partial charge in [-0.05, 0) is 42.5 Å². The van der Waals surface area contributed by atoms with Crippen LogP contribution in [0.2, 0.25) is 0 Å². The second kappa shape index (κ2) is 11.6. The van der Waals surface area contributed by atoms with Crippen molar-refractivity contribution >= 4 is 84.7 Å². The van der Waals surface area contributed by atoms with Gasteiger partial charge in [-0.2, -0.15) is 0 Å². The number of hydrogen-bond acceptors (Lipinski definition) is 5. The normalized spacial score (nSPS) is 11.8. The summed E-state index contributed by atoms with van der Waals surface area (Å²) >= 11 is 3.67. The summed E-state index contributed by atoms with van der Waals surface area (Å²) in [6.45, 7) is 0. The molecule has 0 aliphatic carbocycles. The summed E-state index contributed by atoms with van der Waals surface area (Å²) in [5.74, 6) is 0.718. The maximum absolute atomic E-state index is 5.25. The molecule has 3 nitrogen and oxygen atoms in total. The lowest BCUT2D eigenvalue weighted by Crippen LogP contribution is -1.96. The minimum Gasteiger partial charge on any atom is -0.247 e. The first-order valence-corrected chi connectivity index (χ1v) is 19.0. The van der Waals surface area contributed by atoms with Crippen LogP contribution < -0.4 is 0 Å². The van der Waals surface area contributed by atoms with Gasteiger partial charge in [-0.1, -0.05) is 121 Å². The monoisotopic (exact) mass is 697 g/mol. The molecule has 0 fully saturated rings. The molecule has 0 unspecified atom stereocenters. The second-order valence-electron chi connectivity index (χ2n) is 13.1. The summed E-state index contributed by atoms with van der Waals surface area (Å²) in [5.41, 5.74) is 8.13. The van der Waals surface area contributed by atoms with Crippen molar-refractivity contribution in [1.29, 1.82) is 0 Å². The van der Waals surface area contributed by atoms with Crippen LogP contribution in [0.1, 0.15) is 0 Å². The molecule has 4 heterocycles. The van der Waals surface area contributed by atoms with E-state index in [-0.39, 0.29) is 0 Å². The molecule has 0 bridgehead atoms. The largest absolute Gasteiger partial charge is 0.247 e. The molecule has 0 aliphatic rings. The van der Waals surface area contributed by atoms with Crippen LogP contribution in [0, 0.1) is 0 Å². The third kappa shape index (κ3) is 4.60. The van der Waals surface area contributed by atoms with Crippen molar-refractivity contribution in [3.8, 4) is 45.2 Å². The lowest BCUT2D eigenvalue weighted by molar-refractivity contribution is 1.19.